The van der Waals surface area contributed by atoms with E-state index in [1.54, 1.807) is 0 Å². The maximum absolute atomic E-state index is 11.2. The SMILES string of the molecule is O=c1ccnc(C2CCS(=O)(=O)C2)[nH]1. The van der Waals surface area contributed by atoms with E-state index in [2.05, 4.69) is 9.97 Å². The smallest absolute Gasteiger partial charge is 0.250 e. The molecule has 76 valence electrons. The number of H-pyrrole nitrogens is 1. The van der Waals surface area contributed by atoms with Crippen LogP contribution in [0.4, 0.5) is 0 Å². The Kier molecular flexibility index (Phi) is 2.14. The Morgan fingerprint density at radius 3 is 2.86 bits per heavy atom. The quantitative estimate of drug-likeness (QED) is 0.694. The van der Waals surface area contributed by atoms with Gasteiger partial charge in [-0.15, -0.1) is 0 Å². The monoisotopic (exact) mass is 214 g/mol. The van der Waals surface area contributed by atoms with Crippen LogP contribution in [0.1, 0.15) is 18.2 Å². The van der Waals surface area contributed by atoms with E-state index in [4.69, 9.17) is 0 Å². The van der Waals surface area contributed by atoms with Crippen LogP contribution in [0.15, 0.2) is 17.1 Å². The lowest BCUT2D eigenvalue weighted by Crippen LogP contribution is -2.13. The lowest BCUT2D eigenvalue weighted by molar-refractivity contribution is 0.601. The van der Waals surface area contributed by atoms with Gasteiger partial charge in [0.1, 0.15) is 5.82 Å². The molecule has 2 heterocycles. The molecular weight excluding hydrogens is 204 g/mol. The molecule has 2 rings (SSSR count). The zero-order chi connectivity index (χ0) is 10.2. The largest absolute Gasteiger partial charge is 0.310 e. The van der Waals surface area contributed by atoms with Gasteiger partial charge in [-0.3, -0.25) is 4.79 Å². The molecule has 1 aromatic heterocycles. The fourth-order valence-corrected chi connectivity index (χ4v) is 3.35. The highest BCUT2D eigenvalue weighted by molar-refractivity contribution is 7.91. The van der Waals surface area contributed by atoms with Gasteiger partial charge >= 0.3 is 0 Å². The zero-order valence-corrected chi connectivity index (χ0v) is 8.25. The Hall–Kier alpha value is -1.17. The van der Waals surface area contributed by atoms with Crippen LogP contribution in [0.3, 0.4) is 0 Å². The topological polar surface area (TPSA) is 79.9 Å². The Bertz CT molecular complexity index is 491. The van der Waals surface area contributed by atoms with Crippen LogP contribution in [-0.4, -0.2) is 29.9 Å². The fraction of sp³-hybridized carbons (Fsp3) is 0.500. The molecule has 0 saturated carbocycles. The van der Waals surface area contributed by atoms with Crippen molar-refractivity contribution in [1.82, 2.24) is 9.97 Å². The van der Waals surface area contributed by atoms with Gasteiger partial charge in [0.2, 0.25) is 0 Å². The standard InChI is InChI=1S/C8H10N2O3S/c11-7-1-3-9-8(10-7)6-2-4-14(12,13)5-6/h1,3,6H,2,4-5H2,(H,9,10,11). The van der Waals surface area contributed by atoms with E-state index in [9.17, 15) is 13.2 Å². The molecular formula is C8H10N2O3S. The second-order valence-electron chi connectivity index (χ2n) is 3.42. The molecule has 1 atom stereocenters. The predicted octanol–water partition coefficient (Wildman–Crippen LogP) is -0.328. The highest BCUT2D eigenvalue weighted by Crippen LogP contribution is 2.25. The van der Waals surface area contributed by atoms with Gasteiger partial charge in [-0.1, -0.05) is 0 Å². The van der Waals surface area contributed by atoms with Crippen LogP contribution >= 0.6 is 0 Å². The van der Waals surface area contributed by atoms with Gasteiger partial charge in [-0.05, 0) is 6.42 Å². The summed E-state index contributed by atoms with van der Waals surface area (Å²) < 4.78 is 22.4. The van der Waals surface area contributed by atoms with Crippen LogP contribution in [0.5, 0.6) is 0 Å². The van der Waals surface area contributed by atoms with E-state index in [0.717, 1.165) is 0 Å². The summed E-state index contributed by atoms with van der Waals surface area (Å²) >= 11 is 0. The minimum atomic E-state index is -2.92. The van der Waals surface area contributed by atoms with Crippen molar-refractivity contribution in [3.8, 4) is 0 Å². The van der Waals surface area contributed by atoms with Gasteiger partial charge in [0.15, 0.2) is 9.84 Å². The van der Waals surface area contributed by atoms with Crippen LogP contribution < -0.4 is 5.56 Å². The van der Waals surface area contributed by atoms with Gasteiger partial charge in [0.05, 0.1) is 11.5 Å². The molecule has 0 bridgehead atoms. The second-order valence-corrected chi connectivity index (χ2v) is 5.65. The first-order valence-corrected chi connectivity index (χ1v) is 6.15. The summed E-state index contributed by atoms with van der Waals surface area (Å²) in [6, 6.07) is 1.31. The molecule has 1 N–H and O–H groups in total. The maximum atomic E-state index is 11.2. The van der Waals surface area contributed by atoms with E-state index >= 15 is 0 Å². The molecule has 1 aliphatic heterocycles. The first kappa shape index (κ1) is 9.39. The lowest BCUT2D eigenvalue weighted by Gasteiger charge is -2.04. The van der Waals surface area contributed by atoms with E-state index in [1.807, 2.05) is 0 Å². The van der Waals surface area contributed by atoms with Gasteiger partial charge in [0.25, 0.3) is 5.56 Å². The molecule has 0 radical (unpaired) electrons. The van der Waals surface area contributed by atoms with Crippen molar-refractivity contribution in [3.05, 3.63) is 28.4 Å². The average Bonchev–Trinajstić information content (AvgIpc) is 2.46. The third-order valence-electron chi connectivity index (χ3n) is 2.31. The van der Waals surface area contributed by atoms with Crippen LogP contribution in [0.25, 0.3) is 0 Å². The van der Waals surface area contributed by atoms with Crippen LogP contribution in [0, 0.1) is 0 Å². The second kappa shape index (κ2) is 3.20. The molecule has 1 aliphatic rings. The number of aromatic nitrogens is 2. The van der Waals surface area contributed by atoms with Crippen molar-refractivity contribution in [3.63, 3.8) is 0 Å². The fourth-order valence-electron chi connectivity index (χ4n) is 1.60. The van der Waals surface area contributed by atoms with Gasteiger partial charge in [0, 0.05) is 18.2 Å². The molecule has 1 fully saturated rings. The molecule has 1 unspecified atom stereocenters. The van der Waals surface area contributed by atoms with Crippen LogP contribution in [0.2, 0.25) is 0 Å². The Labute approximate surface area is 81.1 Å². The summed E-state index contributed by atoms with van der Waals surface area (Å²) in [5.74, 6) is 0.628. The number of hydrogen-bond acceptors (Lipinski definition) is 4. The molecule has 0 amide bonds. The van der Waals surface area contributed by atoms with Crippen LogP contribution in [-0.2, 0) is 9.84 Å². The Morgan fingerprint density at radius 2 is 2.29 bits per heavy atom. The molecule has 5 nitrogen and oxygen atoms in total. The lowest BCUT2D eigenvalue weighted by atomic mass is 10.1. The number of nitrogens with one attached hydrogen (secondary N) is 1. The van der Waals surface area contributed by atoms with Crippen molar-refractivity contribution >= 4 is 9.84 Å². The number of aromatic amines is 1. The molecule has 0 aromatic carbocycles. The summed E-state index contributed by atoms with van der Waals surface area (Å²) in [7, 11) is -2.92. The summed E-state index contributed by atoms with van der Waals surface area (Å²) in [6.07, 6.45) is 1.95. The van der Waals surface area contributed by atoms with E-state index in [-0.39, 0.29) is 23.0 Å². The van der Waals surface area contributed by atoms with E-state index in [1.165, 1.54) is 12.3 Å². The van der Waals surface area contributed by atoms with Gasteiger partial charge in [-0.25, -0.2) is 13.4 Å². The molecule has 1 saturated heterocycles. The minimum absolute atomic E-state index is 0.0972. The van der Waals surface area contributed by atoms with Crippen molar-refractivity contribution in [2.45, 2.75) is 12.3 Å². The highest BCUT2D eigenvalue weighted by atomic mass is 32.2. The molecule has 6 heteroatoms. The van der Waals surface area contributed by atoms with Gasteiger partial charge in [-0.2, -0.15) is 0 Å². The highest BCUT2D eigenvalue weighted by Gasteiger charge is 2.30. The predicted molar refractivity (Wildman–Crippen MR) is 50.9 cm³/mol. The average molecular weight is 214 g/mol. The zero-order valence-electron chi connectivity index (χ0n) is 7.43. The van der Waals surface area contributed by atoms with Crippen molar-refractivity contribution in [1.29, 1.82) is 0 Å². The maximum Gasteiger partial charge on any atom is 0.250 e. The third kappa shape index (κ3) is 1.84. The number of hydrogen-bond donors (Lipinski definition) is 1. The minimum Gasteiger partial charge on any atom is -0.310 e. The first-order chi connectivity index (χ1) is 6.57. The third-order valence-corrected chi connectivity index (χ3v) is 4.08. The van der Waals surface area contributed by atoms with Crippen molar-refractivity contribution in [2.75, 3.05) is 11.5 Å². The Morgan fingerprint density at radius 1 is 1.50 bits per heavy atom. The molecule has 14 heavy (non-hydrogen) atoms. The normalized spacial score (nSPS) is 25.0. The number of sulfone groups is 1. The summed E-state index contributed by atoms with van der Waals surface area (Å²) in [5.41, 5.74) is -0.237. The summed E-state index contributed by atoms with van der Waals surface area (Å²) in [5, 5.41) is 0. The number of rotatable bonds is 1. The summed E-state index contributed by atoms with van der Waals surface area (Å²) in [6.45, 7) is 0. The molecule has 1 aromatic rings. The first-order valence-electron chi connectivity index (χ1n) is 4.32. The van der Waals surface area contributed by atoms with E-state index < -0.39 is 9.84 Å². The molecule has 0 spiro atoms. The number of nitrogens with zero attached hydrogens (tertiary/aromatic N) is 1. The summed E-state index contributed by atoms with van der Waals surface area (Å²) in [4.78, 5) is 17.5. The van der Waals surface area contributed by atoms with E-state index in [0.29, 0.717) is 12.2 Å². The van der Waals surface area contributed by atoms with Gasteiger partial charge < -0.3 is 4.98 Å². The van der Waals surface area contributed by atoms with Crippen molar-refractivity contribution < 1.29 is 8.42 Å². The molecule has 0 aliphatic carbocycles. The van der Waals surface area contributed by atoms with Crippen molar-refractivity contribution in [2.24, 2.45) is 0 Å². The Balaban J connectivity index is 2.30.